The van der Waals surface area contributed by atoms with Gasteiger partial charge in [0, 0.05) is 37.6 Å². The summed E-state index contributed by atoms with van der Waals surface area (Å²) in [6.07, 6.45) is 5.97. The van der Waals surface area contributed by atoms with E-state index in [1.807, 2.05) is 11.8 Å². The third-order valence-corrected chi connectivity index (χ3v) is 5.05. The molecule has 0 aromatic rings. The van der Waals surface area contributed by atoms with E-state index in [9.17, 15) is 9.59 Å². The lowest BCUT2D eigenvalue weighted by molar-refractivity contribution is -0.143. The normalized spacial score (nSPS) is 25.8. The van der Waals surface area contributed by atoms with Crippen LogP contribution in [-0.2, 0) is 14.3 Å². The molecule has 5 nitrogen and oxygen atoms in total. The zero-order valence-electron chi connectivity index (χ0n) is 15.6. The predicted molar refractivity (Wildman–Crippen MR) is 94.5 cm³/mol. The topological polar surface area (TPSA) is 58.6 Å². The van der Waals surface area contributed by atoms with Gasteiger partial charge in [-0.25, -0.2) is 0 Å². The quantitative estimate of drug-likeness (QED) is 0.776. The molecule has 0 unspecified atom stereocenters. The van der Waals surface area contributed by atoms with Gasteiger partial charge < -0.3 is 15.0 Å². The second-order valence-corrected chi connectivity index (χ2v) is 7.87. The van der Waals surface area contributed by atoms with E-state index in [2.05, 4.69) is 19.2 Å². The van der Waals surface area contributed by atoms with Gasteiger partial charge in [-0.1, -0.05) is 26.7 Å². The van der Waals surface area contributed by atoms with Crippen molar-refractivity contribution < 1.29 is 14.3 Å². The largest absolute Gasteiger partial charge is 0.379 e. The van der Waals surface area contributed by atoms with Crippen molar-refractivity contribution in [3.63, 3.8) is 0 Å². The van der Waals surface area contributed by atoms with Gasteiger partial charge in [-0.3, -0.25) is 9.59 Å². The Morgan fingerprint density at radius 2 is 1.62 bits per heavy atom. The molecule has 0 radical (unpaired) electrons. The SMILES string of the molecule is CC(C)COC[C@H](C)NC(=O)[C@@H]1CCCC[C@@H]1C(=O)N1CCCC1. The molecule has 24 heavy (non-hydrogen) atoms. The summed E-state index contributed by atoms with van der Waals surface area (Å²) in [5.74, 6) is 0.442. The Morgan fingerprint density at radius 3 is 2.25 bits per heavy atom. The number of nitrogens with zero attached hydrogens (tertiary/aromatic N) is 1. The number of hydrogen-bond acceptors (Lipinski definition) is 3. The number of carbonyl (C=O) groups excluding carboxylic acids is 2. The minimum Gasteiger partial charge on any atom is -0.379 e. The zero-order chi connectivity index (χ0) is 17.5. The molecule has 2 amide bonds. The molecular formula is C19H34N2O3. The summed E-state index contributed by atoms with van der Waals surface area (Å²) in [5, 5.41) is 3.06. The van der Waals surface area contributed by atoms with Crippen LogP contribution in [0.4, 0.5) is 0 Å². The first kappa shape index (κ1) is 19.2. The van der Waals surface area contributed by atoms with Crippen molar-refractivity contribution in [1.82, 2.24) is 10.2 Å². The van der Waals surface area contributed by atoms with Gasteiger partial charge in [0.15, 0.2) is 0 Å². The molecule has 3 atom stereocenters. The van der Waals surface area contributed by atoms with E-state index in [-0.39, 0.29) is 29.7 Å². The lowest BCUT2D eigenvalue weighted by Crippen LogP contribution is -2.47. The summed E-state index contributed by atoms with van der Waals surface area (Å²) in [6, 6.07) is -0.0132. The van der Waals surface area contributed by atoms with Gasteiger partial charge in [-0.05, 0) is 38.5 Å². The summed E-state index contributed by atoms with van der Waals surface area (Å²) in [7, 11) is 0. The van der Waals surface area contributed by atoms with Crippen LogP contribution in [0.5, 0.6) is 0 Å². The monoisotopic (exact) mass is 338 g/mol. The van der Waals surface area contributed by atoms with Crippen LogP contribution in [0.3, 0.4) is 0 Å². The molecule has 2 fully saturated rings. The molecule has 1 aliphatic heterocycles. The van der Waals surface area contributed by atoms with Crippen LogP contribution in [0.15, 0.2) is 0 Å². The van der Waals surface area contributed by atoms with Crippen molar-refractivity contribution in [1.29, 1.82) is 0 Å². The van der Waals surface area contributed by atoms with Gasteiger partial charge in [0.1, 0.15) is 0 Å². The first-order chi connectivity index (χ1) is 11.5. The summed E-state index contributed by atoms with van der Waals surface area (Å²) < 4.78 is 5.61. The fourth-order valence-corrected chi connectivity index (χ4v) is 3.78. The van der Waals surface area contributed by atoms with Crippen molar-refractivity contribution in [3.8, 4) is 0 Å². The van der Waals surface area contributed by atoms with E-state index in [0.29, 0.717) is 19.1 Å². The smallest absolute Gasteiger partial charge is 0.226 e. The van der Waals surface area contributed by atoms with E-state index >= 15 is 0 Å². The van der Waals surface area contributed by atoms with Crippen LogP contribution in [0, 0.1) is 17.8 Å². The molecule has 138 valence electrons. The Labute approximate surface area is 146 Å². The maximum absolute atomic E-state index is 12.8. The lowest BCUT2D eigenvalue weighted by Gasteiger charge is -2.33. The van der Waals surface area contributed by atoms with Crippen LogP contribution in [0.2, 0.25) is 0 Å². The number of nitrogens with one attached hydrogen (secondary N) is 1. The van der Waals surface area contributed by atoms with Gasteiger partial charge in [-0.15, -0.1) is 0 Å². The molecular weight excluding hydrogens is 304 g/mol. The average molecular weight is 338 g/mol. The highest BCUT2D eigenvalue weighted by molar-refractivity contribution is 5.88. The Kier molecular flexibility index (Phi) is 7.53. The summed E-state index contributed by atoms with van der Waals surface area (Å²) in [5.41, 5.74) is 0. The van der Waals surface area contributed by atoms with Crippen molar-refractivity contribution >= 4 is 11.8 Å². The van der Waals surface area contributed by atoms with Gasteiger partial charge in [0.2, 0.25) is 11.8 Å². The fourth-order valence-electron chi connectivity index (χ4n) is 3.78. The molecule has 0 spiro atoms. The highest BCUT2D eigenvalue weighted by Crippen LogP contribution is 2.32. The number of carbonyl (C=O) groups is 2. The highest BCUT2D eigenvalue weighted by Gasteiger charge is 2.38. The molecule has 1 N–H and O–H groups in total. The van der Waals surface area contributed by atoms with Gasteiger partial charge in [0.25, 0.3) is 0 Å². The molecule has 5 heteroatoms. The Bertz CT molecular complexity index is 419. The van der Waals surface area contributed by atoms with Crippen LogP contribution >= 0.6 is 0 Å². The maximum Gasteiger partial charge on any atom is 0.226 e. The van der Waals surface area contributed by atoms with Crippen LogP contribution in [0.1, 0.15) is 59.3 Å². The first-order valence-corrected chi connectivity index (χ1v) is 9.66. The summed E-state index contributed by atoms with van der Waals surface area (Å²) in [6.45, 7) is 9.16. The molecule has 1 saturated heterocycles. The van der Waals surface area contributed by atoms with Crippen LogP contribution in [-0.4, -0.2) is 49.1 Å². The number of ether oxygens (including phenoxy) is 1. The second-order valence-electron chi connectivity index (χ2n) is 7.87. The van der Waals surface area contributed by atoms with Crippen molar-refractivity contribution in [2.24, 2.45) is 17.8 Å². The predicted octanol–water partition coefficient (Wildman–Crippen LogP) is 2.59. The van der Waals surface area contributed by atoms with E-state index < -0.39 is 0 Å². The van der Waals surface area contributed by atoms with Crippen molar-refractivity contribution in [2.75, 3.05) is 26.3 Å². The Hall–Kier alpha value is -1.10. The van der Waals surface area contributed by atoms with E-state index in [1.54, 1.807) is 0 Å². The lowest BCUT2D eigenvalue weighted by atomic mass is 9.77. The molecule has 1 aliphatic carbocycles. The minimum atomic E-state index is -0.167. The number of hydrogen-bond donors (Lipinski definition) is 1. The number of rotatable bonds is 7. The van der Waals surface area contributed by atoms with Gasteiger partial charge in [0.05, 0.1) is 6.61 Å². The van der Waals surface area contributed by atoms with E-state index in [4.69, 9.17) is 4.74 Å². The summed E-state index contributed by atoms with van der Waals surface area (Å²) in [4.78, 5) is 27.4. The average Bonchev–Trinajstić information content (AvgIpc) is 3.08. The van der Waals surface area contributed by atoms with Gasteiger partial charge >= 0.3 is 0 Å². The molecule has 1 saturated carbocycles. The molecule has 0 bridgehead atoms. The first-order valence-electron chi connectivity index (χ1n) is 9.66. The Balaban J connectivity index is 1.86. The summed E-state index contributed by atoms with van der Waals surface area (Å²) >= 11 is 0. The maximum atomic E-state index is 12.8. The van der Waals surface area contributed by atoms with Gasteiger partial charge in [-0.2, -0.15) is 0 Å². The van der Waals surface area contributed by atoms with Crippen molar-refractivity contribution in [2.45, 2.75) is 65.3 Å². The zero-order valence-corrected chi connectivity index (χ0v) is 15.6. The Morgan fingerprint density at radius 1 is 1.00 bits per heavy atom. The molecule has 1 heterocycles. The molecule has 0 aromatic heterocycles. The van der Waals surface area contributed by atoms with Crippen LogP contribution in [0.25, 0.3) is 0 Å². The third-order valence-electron chi connectivity index (χ3n) is 5.05. The van der Waals surface area contributed by atoms with E-state index in [0.717, 1.165) is 51.6 Å². The highest BCUT2D eigenvalue weighted by atomic mass is 16.5. The van der Waals surface area contributed by atoms with Crippen LogP contribution < -0.4 is 5.32 Å². The van der Waals surface area contributed by atoms with E-state index in [1.165, 1.54) is 0 Å². The third kappa shape index (κ3) is 5.47. The molecule has 0 aromatic carbocycles. The van der Waals surface area contributed by atoms with Crippen molar-refractivity contribution in [3.05, 3.63) is 0 Å². The molecule has 2 aliphatic rings. The second kappa shape index (κ2) is 9.40. The fraction of sp³-hybridized carbons (Fsp3) is 0.895. The minimum absolute atomic E-state index is 0.0132. The number of likely N-dealkylation sites (tertiary alicyclic amines) is 1. The molecule has 2 rings (SSSR count). The number of amides is 2. The standard InChI is InChI=1S/C19H34N2O3/c1-14(2)12-24-13-15(3)20-18(22)16-8-4-5-9-17(16)19(23)21-10-6-7-11-21/h14-17H,4-13H2,1-3H3,(H,20,22)/t15-,16+,17-/m0/s1.